The highest BCUT2D eigenvalue weighted by atomic mass is 16.5. The van der Waals surface area contributed by atoms with Gasteiger partial charge in [-0.3, -0.25) is 4.79 Å². The fraction of sp³-hybridized carbons (Fsp3) is 0.762. The number of carbonyl (C=O) groups excluding carboxylic acids is 1. The van der Waals surface area contributed by atoms with Crippen molar-refractivity contribution in [3.8, 4) is 5.88 Å². The van der Waals surface area contributed by atoms with Gasteiger partial charge >= 0.3 is 0 Å². The fourth-order valence-corrected chi connectivity index (χ4v) is 3.18. The van der Waals surface area contributed by atoms with Gasteiger partial charge in [0.05, 0.1) is 12.2 Å². The number of aromatic nitrogens is 2. The van der Waals surface area contributed by atoms with Crippen LogP contribution in [0.3, 0.4) is 0 Å². The Hall–Kier alpha value is -1.89. The third-order valence-corrected chi connectivity index (χ3v) is 4.78. The number of rotatable bonds is 6. The quantitative estimate of drug-likeness (QED) is 0.677. The molecule has 7 heteroatoms. The van der Waals surface area contributed by atoms with Gasteiger partial charge in [0.2, 0.25) is 11.8 Å². The lowest BCUT2D eigenvalue weighted by atomic mass is 9.95. The molecule has 0 unspecified atom stereocenters. The molecule has 2 fully saturated rings. The second-order valence-electron chi connectivity index (χ2n) is 7.68. The van der Waals surface area contributed by atoms with Crippen LogP contribution in [0.25, 0.3) is 0 Å². The minimum atomic E-state index is -0.259. The van der Waals surface area contributed by atoms with Gasteiger partial charge in [-0.05, 0) is 52.4 Å². The number of nitrogens with one attached hydrogen (secondary N) is 2. The van der Waals surface area contributed by atoms with Gasteiger partial charge in [-0.1, -0.05) is 27.7 Å². The van der Waals surface area contributed by atoms with Crippen molar-refractivity contribution >= 4 is 11.9 Å². The van der Waals surface area contributed by atoms with Crippen molar-refractivity contribution in [2.24, 2.45) is 0 Å². The zero-order valence-electron chi connectivity index (χ0n) is 15.7. The number of hydrogen-bond donors (Lipinski definition) is 3. The van der Waals surface area contributed by atoms with Gasteiger partial charge in [-0.15, -0.1) is 0 Å². The Morgan fingerprint density at radius 1 is 1.11 bits per heavy atom. The third-order valence-electron chi connectivity index (χ3n) is 4.78. The summed E-state index contributed by atoms with van der Waals surface area (Å²) in [7, 11) is 0. The van der Waals surface area contributed by atoms with Crippen molar-refractivity contribution in [3.05, 3.63) is 11.8 Å². The molecule has 0 spiro atoms. The lowest BCUT2D eigenvalue weighted by Crippen LogP contribution is -2.36. The van der Waals surface area contributed by atoms with Crippen molar-refractivity contribution in [1.82, 2.24) is 15.3 Å². The van der Waals surface area contributed by atoms with Crippen molar-refractivity contribution in [2.75, 3.05) is 5.32 Å². The molecule has 0 aromatic carbocycles. The van der Waals surface area contributed by atoms with Crippen molar-refractivity contribution < 1.29 is 14.6 Å². The SMILES string of the molecule is C.C.CC(C)Oc1nc(NC2CC2)ncc1C(=O)N[C@@H]1CCCC[C@H](O)CC1. The molecule has 1 aromatic heterocycles. The Morgan fingerprint density at radius 3 is 2.46 bits per heavy atom. The topological polar surface area (TPSA) is 96.4 Å². The molecule has 2 aliphatic carbocycles. The molecule has 0 aliphatic heterocycles. The molecule has 0 bridgehead atoms. The average molecular weight is 395 g/mol. The first-order valence-electron chi connectivity index (χ1n) is 9.80. The number of anilines is 1. The van der Waals surface area contributed by atoms with Crippen LogP contribution >= 0.6 is 0 Å². The molecule has 3 N–H and O–H groups in total. The molecule has 2 aliphatic rings. The molecule has 0 radical (unpaired) electrons. The zero-order valence-corrected chi connectivity index (χ0v) is 15.7. The maximum atomic E-state index is 12.8. The Balaban J connectivity index is 0.00000196. The van der Waals surface area contributed by atoms with Crippen molar-refractivity contribution in [1.29, 1.82) is 0 Å². The van der Waals surface area contributed by atoms with E-state index in [-0.39, 0.29) is 39.0 Å². The first-order valence-corrected chi connectivity index (χ1v) is 9.80. The maximum Gasteiger partial charge on any atom is 0.258 e. The van der Waals surface area contributed by atoms with Crippen LogP contribution in [0.15, 0.2) is 6.20 Å². The molecule has 2 saturated carbocycles. The van der Waals surface area contributed by atoms with Crippen LogP contribution < -0.4 is 15.4 Å². The standard InChI is InChI=1S/C19H30N4O3.2CH4/c1-12(2)26-18-16(11-20-19(23-18)22-14-7-8-14)17(25)21-13-5-3-4-6-15(24)10-9-13;;/h11-15,24H,3-10H2,1-2H3,(H,21,25)(H,20,22,23);2*1H4/t13-,15+;;/m1../s1. The molecule has 7 nitrogen and oxygen atoms in total. The summed E-state index contributed by atoms with van der Waals surface area (Å²) in [5, 5.41) is 16.2. The number of carbonyl (C=O) groups is 1. The summed E-state index contributed by atoms with van der Waals surface area (Å²) < 4.78 is 5.77. The van der Waals surface area contributed by atoms with E-state index in [1.165, 1.54) is 0 Å². The van der Waals surface area contributed by atoms with Crippen LogP contribution in [0.2, 0.25) is 0 Å². The Bertz CT molecular complexity index is 620. The summed E-state index contributed by atoms with van der Waals surface area (Å²) in [6, 6.07) is 0.497. The second kappa shape index (κ2) is 11.2. The van der Waals surface area contributed by atoms with Crippen LogP contribution in [0.5, 0.6) is 5.88 Å². The smallest absolute Gasteiger partial charge is 0.258 e. The summed E-state index contributed by atoms with van der Waals surface area (Å²) in [6.45, 7) is 3.82. The van der Waals surface area contributed by atoms with Gasteiger partial charge < -0.3 is 20.5 Å². The van der Waals surface area contributed by atoms with E-state index < -0.39 is 0 Å². The fourth-order valence-electron chi connectivity index (χ4n) is 3.18. The largest absolute Gasteiger partial charge is 0.474 e. The molecular formula is C21H38N4O3. The molecule has 28 heavy (non-hydrogen) atoms. The predicted octanol–water partition coefficient (Wildman–Crippen LogP) is 3.92. The van der Waals surface area contributed by atoms with Crippen LogP contribution in [0.4, 0.5) is 5.95 Å². The molecule has 1 heterocycles. The first kappa shape index (κ1) is 24.1. The van der Waals surface area contributed by atoms with E-state index in [9.17, 15) is 9.90 Å². The van der Waals surface area contributed by atoms with Gasteiger partial charge in [-0.25, -0.2) is 4.98 Å². The zero-order chi connectivity index (χ0) is 18.5. The highest BCUT2D eigenvalue weighted by Crippen LogP contribution is 2.25. The highest BCUT2D eigenvalue weighted by molar-refractivity contribution is 5.96. The average Bonchev–Trinajstić information content (AvgIpc) is 3.37. The van der Waals surface area contributed by atoms with E-state index in [0.717, 1.165) is 51.4 Å². The third kappa shape index (κ3) is 7.26. The normalized spacial score (nSPS) is 22.1. The van der Waals surface area contributed by atoms with Gasteiger partial charge in [-0.2, -0.15) is 4.98 Å². The van der Waals surface area contributed by atoms with E-state index in [1.54, 1.807) is 6.20 Å². The molecular weight excluding hydrogens is 356 g/mol. The van der Waals surface area contributed by atoms with Crippen LogP contribution in [0, 0.1) is 0 Å². The summed E-state index contributed by atoms with van der Waals surface area (Å²) in [5.41, 5.74) is 0.364. The molecule has 160 valence electrons. The van der Waals surface area contributed by atoms with Gasteiger partial charge in [0.1, 0.15) is 5.56 Å². The first-order chi connectivity index (χ1) is 12.5. The number of aliphatic hydroxyl groups excluding tert-OH is 1. The molecule has 2 atom stereocenters. The minimum Gasteiger partial charge on any atom is -0.474 e. The molecule has 3 rings (SSSR count). The minimum absolute atomic E-state index is 0. The Morgan fingerprint density at radius 2 is 1.79 bits per heavy atom. The number of nitrogens with zero attached hydrogens (tertiary/aromatic N) is 2. The van der Waals surface area contributed by atoms with Gasteiger partial charge in [0.25, 0.3) is 5.91 Å². The number of hydrogen-bond acceptors (Lipinski definition) is 6. The monoisotopic (exact) mass is 394 g/mol. The van der Waals surface area contributed by atoms with E-state index in [0.29, 0.717) is 23.4 Å². The lowest BCUT2D eigenvalue weighted by molar-refractivity contribution is 0.0903. The van der Waals surface area contributed by atoms with Crippen LogP contribution in [-0.2, 0) is 0 Å². The predicted molar refractivity (Wildman–Crippen MR) is 113 cm³/mol. The van der Waals surface area contributed by atoms with E-state index in [4.69, 9.17) is 4.74 Å². The number of amides is 1. The summed E-state index contributed by atoms with van der Waals surface area (Å²) in [5.74, 6) is 0.619. The molecule has 1 amide bonds. The van der Waals surface area contributed by atoms with Gasteiger partial charge in [0, 0.05) is 18.3 Å². The summed E-state index contributed by atoms with van der Waals surface area (Å²) in [4.78, 5) is 21.5. The summed E-state index contributed by atoms with van der Waals surface area (Å²) >= 11 is 0. The Kier molecular flexibility index (Phi) is 9.65. The second-order valence-corrected chi connectivity index (χ2v) is 7.68. The lowest BCUT2D eigenvalue weighted by Gasteiger charge is -2.23. The van der Waals surface area contributed by atoms with Crippen molar-refractivity contribution in [2.45, 2.75) is 104 Å². The Labute approximate surface area is 169 Å². The van der Waals surface area contributed by atoms with E-state index >= 15 is 0 Å². The molecule has 1 aromatic rings. The van der Waals surface area contributed by atoms with E-state index in [1.807, 2.05) is 13.8 Å². The number of ether oxygens (including phenoxy) is 1. The number of aliphatic hydroxyl groups is 1. The van der Waals surface area contributed by atoms with Gasteiger partial charge in [0.15, 0.2) is 0 Å². The highest BCUT2D eigenvalue weighted by Gasteiger charge is 2.25. The van der Waals surface area contributed by atoms with Crippen molar-refractivity contribution in [3.63, 3.8) is 0 Å². The van der Waals surface area contributed by atoms with Crippen LogP contribution in [-0.4, -0.2) is 45.3 Å². The molecule has 0 saturated heterocycles. The van der Waals surface area contributed by atoms with Crippen LogP contribution in [0.1, 0.15) is 90.4 Å². The summed E-state index contributed by atoms with van der Waals surface area (Å²) in [6.07, 6.45) is 8.76. The maximum absolute atomic E-state index is 12.8. The van der Waals surface area contributed by atoms with E-state index in [2.05, 4.69) is 20.6 Å².